The second kappa shape index (κ2) is 18.5. The van der Waals surface area contributed by atoms with Gasteiger partial charge in [0.15, 0.2) is 0 Å². The summed E-state index contributed by atoms with van der Waals surface area (Å²) in [6.07, 6.45) is 17.2. The Hall–Kier alpha value is -1.32. The number of unbranched alkanes of at least 4 members (excludes halogenated alkanes) is 8. The molecule has 0 aliphatic carbocycles. The molecule has 0 heterocycles. The van der Waals surface area contributed by atoms with Crippen molar-refractivity contribution >= 4 is 11.9 Å². The molecule has 0 aromatic heterocycles. The zero-order chi connectivity index (χ0) is 19.5. The lowest BCUT2D eigenvalue weighted by atomic mass is 10.1. The van der Waals surface area contributed by atoms with Crippen LogP contribution in [0.25, 0.3) is 0 Å². The maximum atomic E-state index is 11.6. The van der Waals surface area contributed by atoms with Crippen LogP contribution in [0.3, 0.4) is 0 Å². The fourth-order valence-electron chi connectivity index (χ4n) is 2.66. The average Bonchev–Trinajstić information content (AvgIpc) is 2.62. The molecule has 0 rings (SSSR count). The quantitative estimate of drug-likeness (QED) is 0.176. The number of hydrogen-bond acceptors (Lipinski definition) is 4. The van der Waals surface area contributed by atoms with Gasteiger partial charge in [0.2, 0.25) is 0 Å². The van der Waals surface area contributed by atoms with E-state index in [1.165, 1.54) is 44.9 Å². The summed E-state index contributed by atoms with van der Waals surface area (Å²) >= 11 is 0. The van der Waals surface area contributed by atoms with E-state index < -0.39 is 0 Å². The van der Waals surface area contributed by atoms with Gasteiger partial charge in [0.1, 0.15) is 6.61 Å². The van der Waals surface area contributed by atoms with Gasteiger partial charge in [0, 0.05) is 0 Å². The molecule has 0 saturated heterocycles. The molecular formula is C22H40O4. The average molecular weight is 369 g/mol. The number of allylic oxidation sites excluding steroid dienone is 1. The first-order valence-electron chi connectivity index (χ1n) is 10.6. The molecule has 4 nitrogen and oxygen atoms in total. The van der Waals surface area contributed by atoms with Gasteiger partial charge in [-0.15, -0.1) is 0 Å². The number of rotatable bonds is 17. The largest absolute Gasteiger partial charge is 0.463 e. The SMILES string of the molecule is CCCCCCCCC/C=C/COC(=O)CCC(=O)OC(C)CCCC. The fourth-order valence-corrected chi connectivity index (χ4v) is 2.66. The normalized spacial score (nSPS) is 12.3. The Kier molecular flexibility index (Phi) is 17.5. The van der Waals surface area contributed by atoms with E-state index in [-0.39, 0.29) is 37.5 Å². The van der Waals surface area contributed by atoms with Crippen molar-refractivity contribution in [3.63, 3.8) is 0 Å². The van der Waals surface area contributed by atoms with E-state index in [9.17, 15) is 9.59 Å². The third-order valence-corrected chi connectivity index (χ3v) is 4.31. The maximum absolute atomic E-state index is 11.6. The molecule has 4 heteroatoms. The van der Waals surface area contributed by atoms with E-state index in [0.29, 0.717) is 0 Å². The van der Waals surface area contributed by atoms with E-state index >= 15 is 0 Å². The van der Waals surface area contributed by atoms with E-state index in [2.05, 4.69) is 19.9 Å². The van der Waals surface area contributed by atoms with Crippen LogP contribution in [-0.2, 0) is 19.1 Å². The highest BCUT2D eigenvalue weighted by Crippen LogP contribution is 2.09. The van der Waals surface area contributed by atoms with Crippen LogP contribution in [0.5, 0.6) is 0 Å². The highest BCUT2D eigenvalue weighted by atomic mass is 16.5. The van der Waals surface area contributed by atoms with Gasteiger partial charge in [-0.25, -0.2) is 0 Å². The predicted octanol–water partition coefficient (Wildman–Crippen LogP) is 6.13. The summed E-state index contributed by atoms with van der Waals surface area (Å²) in [4.78, 5) is 23.2. The van der Waals surface area contributed by atoms with Gasteiger partial charge in [-0.2, -0.15) is 0 Å². The summed E-state index contributed by atoms with van der Waals surface area (Å²) in [5.74, 6) is -0.663. The highest BCUT2D eigenvalue weighted by molar-refractivity contribution is 5.77. The second-order valence-corrected chi connectivity index (χ2v) is 7.01. The first kappa shape index (κ1) is 24.7. The third-order valence-electron chi connectivity index (χ3n) is 4.31. The lowest BCUT2D eigenvalue weighted by molar-refractivity contribution is -0.152. The zero-order valence-corrected chi connectivity index (χ0v) is 17.3. The molecule has 1 atom stereocenters. The Balaban J connectivity index is 3.51. The molecule has 0 aliphatic rings. The van der Waals surface area contributed by atoms with Gasteiger partial charge in [0.25, 0.3) is 0 Å². The summed E-state index contributed by atoms with van der Waals surface area (Å²) in [5.41, 5.74) is 0. The minimum atomic E-state index is -0.344. The van der Waals surface area contributed by atoms with Crippen LogP contribution >= 0.6 is 0 Å². The summed E-state index contributed by atoms with van der Waals surface area (Å²) < 4.78 is 10.4. The number of ether oxygens (including phenoxy) is 2. The number of esters is 2. The second-order valence-electron chi connectivity index (χ2n) is 7.01. The highest BCUT2D eigenvalue weighted by Gasteiger charge is 2.12. The number of carbonyl (C=O) groups excluding carboxylic acids is 2. The van der Waals surface area contributed by atoms with E-state index in [4.69, 9.17) is 9.47 Å². The van der Waals surface area contributed by atoms with Gasteiger partial charge in [-0.05, 0) is 26.2 Å². The Labute approximate surface area is 160 Å². The minimum Gasteiger partial charge on any atom is -0.463 e. The van der Waals surface area contributed by atoms with Crippen molar-refractivity contribution in [3.05, 3.63) is 12.2 Å². The van der Waals surface area contributed by atoms with Crippen LogP contribution in [0.4, 0.5) is 0 Å². The van der Waals surface area contributed by atoms with Gasteiger partial charge in [0.05, 0.1) is 18.9 Å². The van der Waals surface area contributed by atoms with Crippen molar-refractivity contribution in [3.8, 4) is 0 Å². The molecule has 26 heavy (non-hydrogen) atoms. The Morgan fingerprint density at radius 1 is 0.808 bits per heavy atom. The van der Waals surface area contributed by atoms with Crippen LogP contribution in [0.1, 0.15) is 104 Å². The molecule has 0 aromatic carbocycles. The van der Waals surface area contributed by atoms with Crippen molar-refractivity contribution in [2.45, 2.75) is 110 Å². The summed E-state index contributed by atoms with van der Waals surface area (Å²) in [7, 11) is 0. The summed E-state index contributed by atoms with van der Waals surface area (Å²) in [5, 5.41) is 0. The van der Waals surface area contributed by atoms with Crippen molar-refractivity contribution < 1.29 is 19.1 Å². The van der Waals surface area contributed by atoms with Crippen molar-refractivity contribution in [2.75, 3.05) is 6.61 Å². The fraction of sp³-hybridized carbons (Fsp3) is 0.818. The number of carbonyl (C=O) groups is 2. The molecule has 0 bridgehead atoms. The van der Waals surface area contributed by atoms with Crippen molar-refractivity contribution in [1.29, 1.82) is 0 Å². The lowest BCUT2D eigenvalue weighted by Gasteiger charge is -2.12. The molecule has 0 spiro atoms. The third kappa shape index (κ3) is 17.5. The van der Waals surface area contributed by atoms with Crippen LogP contribution in [0, 0.1) is 0 Å². The van der Waals surface area contributed by atoms with Gasteiger partial charge in [-0.1, -0.05) is 77.4 Å². The van der Waals surface area contributed by atoms with Gasteiger partial charge in [-0.3, -0.25) is 9.59 Å². The molecule has 0 radical (unpaired) electrons. The monoisotopic (exact) mass is 368 g/mol. The van der Waals surface area contributed by atoms with Crippen molar-refractivity contribution in [1.82, 2.24) is 0 Å². The molecule has 152 valence electrons. The standard InChI is InChI=1S/C22H40O4/c1-4-6-8-9-10-11-12-13-14-15-19-25-21(23)17-18-22(24)26-20(3)16-7-5-2/h14-15,20H,4-13,16-19H2,1-3H3/b15-14+. The van der Waals surface area contributed by atoms with Crippen LogP contribution < -0.4 is 0 Å². The molecule has 0 fully saturated rings. The predicted molar refractivity (Wildman–Crippen MR) is 107 cm³/mol. The maximum Gasteiger partial charge on any atom is 0.306 e. The molecule has 0 saturated carbocycles. The molecule has 0 aliphatic heterocycles. The van der Waals surface area contributed by atoms with E-state index in [1.54, 1.807) is 0 Å². The molecule has 0 aromatic rings. The number of hydrogen-bond donors (Lipinski definition) is 0. The van der Waals surface area contributed by atoms with E-state index in [0.717, 1.165) is 25.7 Å². The molecule has 1 unspecified atom stereocenters. The van der Waals surface area contributed by atoms with Crippen LogP contribution in [-0.4, -0.2) is 24.6 Å². The molecule has 0 N–H and O–H groups in total. The minimum absolute atomic E-state index is 0.0759. The van der Waals surface area contributed by atoms with Gasteiger partial charge < -0.3 is 9.47 Å². The van der Waals surface area contributed by atoms with Crippen molar-refractivity contribution in [2.24, 2.45) is 0 Å². The van der Waals surface area contributed by atoms with Gasteiger partial charge >= 0.3 is 11.9 Å². The van der Waals surface area contributed by atoms with E-state index in [1.807, 2.05) is 13.0 Å². The summed E-state index contributed by atoms with van der Waals surface area (Å²) in [6.45, 7) is 6.52. The summed E-state index contributed by atoms with van der Waals surface area (Å²) in [6, 6.07) is 0. The first-order chi connectivity index (χ1) is 12.6. The molecular weight excluding hydrogens is 328 g/mol. The zero-order valence-electron chi connectivity index (χ0n) is 17.3. The first-order valence-corrected chi connectivity index (χ1v) is 10.6. The lowest BCUT2D eigenvalue weighted by Crippen LogP contribution is -2.16. The van der Waals surface area contributed by atoms with Crippen LogP contribution in [0.15, 0.2) is 12.2 Å². The van der Waals surface area contributed by atoms with Crippen LogP contribution in [0.2, 0.25) is 0 Å². The Morgan fingerprint density at radius 3 is 2.12 bits per heavy atom. The smallest absolute Gasteiger partial charge is 0.306 e. The Morgan fingerprint density at radius 2 is 1.42 bits per heavy atom. The molecule has 0 amide bonds. The topological polar surface area (TPSA) is 52.6 Å². The Bertz CT molecular complexity index is 376.